The van der Waals surface area contributed by atoms with E-state index in [-0.39, 0.29) is 12.9 Å². The molecule has 14 heavy (non-hydrogen) atoms. The van der Waals surface area contributed by atoms with E-state index in [4.69, 9.17) is 19.3 Å². The molecule has 0 aliphatic rings. The van der Waals surface area contributed by atoms with Crippen molar-refractivity contribution < 1.29 is 19.3 Å². The van der Waals surface area contributed by atoms with Gasteiger partial charge < -0.3 is 19.3 Å². The third-order valence-electron chi connectivity index (χ3n) is 1.67. The number of hydrogen-bond acceptors (Lipinski definition) is 4. The van der Waals surface area contributed by atoms with Gasteiger partial charge in [-0.1, -0.05) is 13.3 Å². The largest absolute Gasteiger partial charge is 0.394 e. The Morgan fingerprint density at radius 2 is 1.79 bits per heavy atom. The Kier molecular flexibility index (Phi) is 10.8. The van der Waals surface area contributed by atoms with Crippen molar-refractivity contribution in [2.45, 2.75) is 33.0 Å². The van der Waals surface area contributed by atoms with Gasteiger partial charge in [0, 0.05) is 6.61 Å². The molecule has 86 valence electrons. The van der Waals surface area contributed by atoms with Crippen LogP contribution in [0.3, 0.4) is 0 Å². The van der Waals surface area contributed by atoms with E-state index < -0.39 is 0 Å². The number of rotatable bonds is 10. The molecule has 0 aromatic carbocycles. The van der Waals surface area contributed by atoms with Crippen molar-refractivity contribution in [3.05, 3.63) is 0 Å². The molecule has 0 aromatic heterocycles. The summed E-state index contributed by atoms with van der Waals surface area (Å²) < 4.78 is 15.7. The lowest BCUT2D eigenvalue weighted by molar-refractivity contribution is -0.144. The molecular weight excluding hydrogens is 184 g/mol. The van der Waals surface area contributed by atoms with Gasteiger partial charge in [-0.3, -0.25) is 0 Å². The quantitative estimate of drug-likeness (QED) is 0.430. The summed E-state index contributed by atoms with van der Waals surface area (Å²) in [5.74, 6) is 0. The third kappa shape index (κ3) is 9.92. The Labute approximate surface area is 86.2 Å². The topological polar surface area (TPSA) is 47.9 Å². The Morgan fingerprint density at radius 1 is 1.07 bits per heavy atom. The lowest BCUT2D eigenvalue weighted by atomic mass is 10.4. The van der Waals surface area contributed by atoms with Gasteiger partial charge in [-0.05, 0) is 13.3 Å². The summed E-state index contributed by atoms with van der Waals surface area (Å²) in [6, 6.07) is 0. The number of aliphatic hydroxyl groups is 1. The summed E-state index contributed by atoms with van der Waals surface area (Å²) in [5.41, 5.74) is 0. The summed E-state index contributed by atoms with van der Waals surface area (Å²) in [5, 5.41) is 8.48. The number of ether oxygens (including phenoxy) is 3. The summed E-state index contributed by atoms with van der Waals surface area (Å²) >= 11 is 0. The average Bonchev–Trinajstić information content (AvgIpc) is 2.20. The fraction of sp³-hybridized carbons (Fsp3) is 1.00. The van der Waals surface area contributed by atoms with E-state index in [2.05, 4.69) is 6.92 Å². The molecule has 0 rings (SSSR count). The fourth-order valence-electron chi connectivity index (χ4n) is 0.888. The zero-order chi connectivity index (χ0) is 10.6. The van der Waals surface area contributed by atoms with Crippen LogP contribution in [0.1, 0.15) is 26.7 Å². The van der Waals surface area contributed by atoms with Crippen LogP contribution in [-0.2, 0) is 14.2 Å². The van der Waals surface area contributed by atoms with Crippen molar-refractivity contribution >= 4 is 0 Å². The van der Waals surface area contributed by atoms with Gasteiger partial charge in [0.1, 0.15) is 0 Å². The van der Waals surface area contributed by atoms with Crippen molar-refractivity contribution in [3.8, 4) is 0 Å². The maximum absolute atomic E-state index is 8.48. The zero-order valence-corrected chi connectivity index (χ0v) is 9.20. The summed E-state index contributed by atoms with van der Waals surface area (Å²) in [6.07, 6.45) is 1.98. The molecule has 1 unspecified atom stereocenters. The van der Waals surface area contributed by atoms with Gasteiger partial charge in [-0.25, -0.2) is 0 Å². The van der Waals surface area contributed by atoms with Crippen LogP contribution >= 0.6 is 0 Å². The SMILES string of the molecule is CCCCOCCOC(C)OCCO. The highest BCUT2D eigenvalue weighted by atomic mass is 16.7. The highest BCUT2D eigenvalue weighted by Gasteiger charge is 2.00. The van der Waals surface area contributed by atoms with Crippen LogP contribution in [0.5, 0.6) is 0 Å². The second kappa shape index (κ2) is 10.9. The highest BCUT2D eigenvalue weighted by molar-refractivity contribution is 4.36. The van der Waals surface area contributed by atoms with Gasteiger partial charge in [-0.15, -0.1) is 0 Å². The highest BCUT2D eigenvalue weighted by Crippen LogP contribution is 1.93. The Morgan fingerprint density at radius 3 is 2.43 bits per heavy atom. The molecule has 1 N–H and O–H groups in total. The number of unbranched alkanes of at least 4 members (excludes halogenated alkanes) is 1. The average molecular weight is 206 g/mol. The minimum Gasteiger partial charge on any atom is -0.394 e. The molecule has 0 saturated carbocycles. The molecule has 0 bridgehead atoms. The normalized spacial score (nSPS) is 13.1. The van der Waals surface area contributed by atoms with Crippen LogP contribution in [0, 0.1) is 0 Å². The predicted octanol–water partition coefficient (Wildman–Crippen LogP) is 1.17. The minimum atomic E-state index is -0.267. The monoisotopic (exact) mass is 206 g/mol. The maximum Gasteiger partial charge on any atom is 0.155 e. The van der Waals surface area contributed by atoms with Crippen LogP contribution in [0.15, 0.2) is 0 Å². The number of hydrogen-bond donors (Lipinski definition) is 1. The van der Waals surface area contributed by atoms with E-state index in [0.29, 0.717) is 19.8 Å². The van der Waals surface area contributed by atoms with Crippen LogP contribution in [0.25, 0.3) is 0 Å². The zero-order valence-electron chi connectivity index (χ0n) is 9.20. The fourth-order valence-corrected chi connectivity index (χ4v) is 0.888. The lowest BCUT2D eigenvalue weighted by Crippen LogP contribution is -2.18. The second-order valence-corrected chi connectivity index (χ2v) is 3.00. The number of aliphatic hydroxyl groups excluding tert-OH is 1. The lowest BCUT2D eigenvalue weighted by Gasteiger charge is -2.13. The smallest absolute Gasteiger partial charge is 0.155 e. The second-order valence-electron chi connectivity index (χ2n) is 3.00. The van der Waals surface area contributed by atoms with Gasteiger partial charge in [0.2, 0.25) is 0 Å². The van der Waals surface area contributed by atoms with E-state index in [1.807, 2.05) is 6.92 Å². The van der Waals surface area contributed by atoms with E-state index in [0.717, 1.165) is 19.4 Å². The Balaban J connectivity index is 3.02. The van der Waals surface area contributed by atoms with Gasteiger partial charge in [-0.2, -0.15) is 0 Å². The maximum atomic E-state index is 8.48. The molecule has 0 fully saturated rings. The van der Waals surface area contributed by atoms with Gasteiger partial charge in [0.25, 0.3) is 0 Å². The van der Waals surface area contributed by atoms with E-state index in [1.165, 1.54) is 0 Å². The van der Waals surface area contributed by atoms with Crippen LogP contribution in [-0.4, -0.2) is 44.4 Å². The Bertz CT molecular complexity index is 108. The molecule has 0 spiro atoms. The van der Waals surface area contributed by atoms with Gasteiger partial charge in [0.15, 0.2) is 6.29 Å². The first kappa shape index (κ1) is 13.8. The molecule has 0 saturated heterocycles. The molecule has 0 amide bonds. The van der Waals surface area contributed by atoms with Crippen LogP contribution in [0.4, 0.5) is 0 Å². The molecule has 0 heterocycles. The first-order chi connectivity index (χ1) is 6.81. The Hall–Kier alpha value is -0.160. The van der Waals surface area contributed by atoms with Gasteiger partial charge in [0.05, 0.1) is 26.4 Å². The van der Waals surface area contributed by atoms with Crippen molar-refractivity contribution in [1.82, 2.24) is 0 Å². The molecule has 0 aliphatic heterocycles. The molecule has 4 heteroatoms. The first-order valence-electron chi connectivity index (χ1n) is 5.23. The molecule has 1 atom stereocenters. The van der Waals surface area contributed by atoms with Crippen LogP contribution < -0.4 is 0 Å². The summed E-state index contributed by atoms with van der Waals surface area (Å²) in [6.45, 7) is 6.22. The van der Waals surface area contributed by atoms with Crippen molar-refractivity contribution in [1.29, 1.82) is 0 Å². The first-order valence-corrected chi connectivity index (χ1v) is 5.23. The van der Waals surface area contributed by atoms with E-state index in [1.54, 1.807) is 0 Å². The van der Waals surface area contributed by atoms with E-state index in [9.17, 15) is 0 Å². The van der Waals surface area contributed by atoms with Gasteiger partial charge >= 0.3 is 0 Å². The molecule has 4 nitrogen and oxygen atoms in total. The summed E-state index contributed by atoms with van der Waals surface area (Å²) in [4.78, 5) is 0. The van der Waals surface area contributed by atoms with E-state index >= 15 is 0 Å². The molecular formula is C10H22O4. The minimum absolute atomic E-state index is 0.0285. The van der Waals surface area contributed by atoms with Crippen molar-refractivity contribution in [2.24, 2.45) is 0 Å². The van der Waals surface area contributed by atoms with Crippen LogP contribution in [0.2, 0.25) is 0 Å². The predicted molar refractivity (Wildman–Crippen MR) is 54.2 cm³/mol. The standard InChI is InChI=1S/C10H22O4/c1-3-4-6-12-8-9-14-10(2)13-7-5-11/h10-11H,3-9H2,1-2H3. The molecule has 0 radical (unpaired) electrons. The molecule has 0 aromatic rings. The van der Waals surface area contributed by atoms with Crippen molar-refractivity contribution in [3.63, 3.8) is 0 Å². The van der Waals surface area contributed by atoms with Crippen molar-refractivity contribution in [2.75, 3.05) is 33.0 Å². The summed E-state index contributed by atoms with van der Waals surface area (Å²) in [7, 11) is 0. The third-order valence-corrected chi connectivity index (χ3v) is 1.67. The molecule has 0 aliphatic carbocycles.